The maximum absolute atomic E-state index is 12.1. The fourth-order valence-electron chi connectivity index (χ4n) is 4.01. The number of nitrogens with zero attached hydrogens (tertiary/aromatic N) is 5. The number of nitrogens with two attached hydrogens (primary N) is 1. The van der Waals surface area contributed by atoms with Crippen LogP contribution >= 0.6 is 11.6 Å². The van der Waals surface area contributed by atoms with Crippen LogP contribution in [0.4, 0.5) is 39.4 Å². The van der Waals surface area contributed by atoms with Crippen LogP contribution in [0.3, 0.4) is 0 Å². The Morgan fingerprint density at radius 1 is 0.827 bits per heavy atom. The molecule has 3 aromatic carbocycles. The van der Waals surface area contributed by atoms with Gasteiger partial charge in [0, 0.05) is 17.6 Å². The first-order valence-corrected chi connectivity index (χ1v) is 17.7. The Labute approximate surface area is 367 Å². The predicted molar refractivity (Wildman–Crippen MR) is 166 cm³/mol. The number of amides is 2. The van der Waals surface area contributed by atoms with E-state index >= 15 is 0 Å². The Kier molecular flexibility index (Phi) is 18.9. The fourth-order valence-corrected chi connectivity index (χ4v) is 6.12. The van der Waals surface area contributed by atoms with Gasteiger partial charge in [0.05, 0.1) is 40.2 Å². The molecule has 0 aliphatic carbocycles. The molecule has 0 saturated heterocycles. The number of carbonyl (C=O) groups excluding carboxylic acids is 1. The number of ether oxygens (including phenoxy) is 1. The summed E-state index contributed by atoms with van der Waals surface area (Å²) in [6, 6.07) is 4.86. The van der Waals surface area contributed by atoms with Crippen molar-refractivity contribution in [2.75, 3.05) is 42.3 Å². The quantitative estimate of drug-likeness (QED) is 0.0341. The van der Waals surface area contributed by atoms with E-state index in [9.17, 15) is 43.7 Å². The molecule has 0 atom stereocenters. The van der Waals surface area contributed by atoms with Gasteiger partial charge >= 0.3 is 94.7 Å². The normalized spacial score (nSPS) is 11.6. The first-order valence-electron chi connectivity index (χ1n) is 13.1. The molecule has 4 aromatic rings. The summed E-state index contributed by atoms with van der Waals surface area (Å²) >= 11 is 5.98. The summed E-state index contributed by atoms with van der Waals surface area (Å²) in [5.41, 5.74) is 4.36. The number of aliphatic hydroxyl groups is 1. The van der Waals surface area contributed by atoms with Gasteiger partial charge < -0.3 is 45.2 Å². The van der Waals surface area contributed by atoms with E-state index in [0.29, 0.717) is 18.2 Å². The van der Waals surface area contributed by atoms with E-state index in [2.05, 4.69) is 41.1 Å². The largest absolute Gasteiger partial charge is 1.00 e. The van der Waals surface area contributed by atoms with Crippen molar-refractivity contribution < 1.29 is 142 Å². The topological polar surface area (TPSA) is 344 Å². The first kappa shape index (κ1) is 48.4. The Bertz CT molecular complexity index is 2310. The van der Waals surface area contributed by atoms with E-state index in [0.717, 1.165) is 0 Å². The fraction of sp³-hybridized carbons (Fsp3) is 0.167. The number of primary amides is 1. The SMILES string of the molecule is NC(=O)Nc1cc(Nc2nc(Cl)nc(NCCOCCO)n2)ccc1N=Nc1cc2c(S(=O)(=O)[O-])cc(S(=O)(=O)[O-])cc2cc1S(=O)(=O)[O-].[Na+].[Na+].[Na+]. The molecule has 1 aromatic heterocycles. The molecule has 0 spiro atoms. The molecule has 52 heavy (non-hydrogen) atoms. The van der Waals surface area contributed by atoms with Crippen molar-refractivity contribution in [3.63, 3.8) is 0 Å². The number of hydrogen-bond donors (Lipinski definition) is 5. The Morgan fingerprint density at radius 2 is 1.46 bits per heavy atom. The number of azo groups is 1. The van der Waals surface area contributed by atoms with Gasteiger partial charge in [-0.05, 0) is 59.5 Å². The monoisotopic (exact) mass is 827 g/mol. The average Bonchev–Trinajstić information content (AvgIpc) is 2.97. The Balaban J connectivity index is 0.00000451. The van der Waals surface area contributed by atoms with Crippen molar-refractivity contribution in [1.29, 1.82) is 0 Å². The average molecular weight is 828 g/mol. The number of benzene rings is 3. The number of anilines is 4. The second-order valence-electron chi connectivity index (χ2n) is 9.39. The Morgan fingerprint density at radius 3 is 2.06 bits per heavy atom. The summed E-state index contributed by atoms with van der Waals surface area (Å²) in [5, 5.41) is 22.9. The van der Waals surface area contributed by atoms with Gasteiger partial charge in [-0.15, -0.1) is 10.2 Å². The van der Waals surface area contributed by atoms with Crippen molar-refractivity contribution in [3.05, 3.63) is 47.7 Å². The molecule has 1 heterocycles. The van der Waals surface area contributed by atoms with E-state index < -0.39 is 67.5 Å². The maximum atomic E-state index is 12.1. The molecule has 0 unspecified atom stereocenters. The van der Waals surface area contributed by atoms with Gasteiger partial charge in [0.1, 0.15) is 41.7 Å². The Hall–Kier alpha value is -1.66. The van der Waals surface area contributed by atoms with Crippen molar-refractivity contribution in [3.8, 4) is 0 Å². The van der Waals surface area contributed by atoms with Gasteiger partial charge in [-0.2, -0.15) is 15.0 Å². The smallest absolute Gasteiger partial charge is 0.744 e. The number of rotatable bonds is 14. The van der Waals surface area contributed by atoms with Gasteiger partial charge in [-0.25, -0.2) is 30.0 Å². The molecule has 0 aliphatic rings. The van der Waals surface area contributed by atoms with Gasteiger partial charge in [0.2, 0.25) is 17.2 Å². The number of aromatic nitrogens is 3. The summed E-state index contributed by atoms with van der Waals surface area (Å²) < 4.78 is 112. The zero-order chi connectivity index (χ0) is 36.1. The van der Waals surface area contributed by atoms with Gasteiger partial charge in [0.25, 0.3) is 0 Å². The molecule has 262 valence electrons. The minimum absolute atomic E-state index is 0. The molecule has 6 N–H and O–H groups in total. The number of carbonyl (C=O) groups is 1. The van der Waals surface area contributed by atoms with Crippen LogP contribution in [-0.4, -0.2) is 91.4 Å². The molecular weight excluding hydrogens is 807 g/mol. The van der Waals surface area contributed by atoms with E-state index in [1.807, 2.05) is 0 Å². The van der Waals surface area contributed by atoms with Crippen LogP contribution in [0, 0.1) is 0 Å². The van der Waals surface area contributed by atoms with Crippen LogP contribution in [0.25, 0.3) is 10.8 Å². The van der Waals surface area contributed by atoms with E-state index in [1.165, 1.54) is 18.2 Å². The zero-order valence-electron chi connectivity index (χ0n) is 27.2. The molecule has 0 bridgehead atoms. The standard InChI is InChI=1S/C24H24ClN9O12S3.3Na/c25-21-30-23(27-3-5-46-6-4-35)32-24(31-21)28-13-1-2-16(17(9-13)29-22(26)36)33-34-18-11-15-12(8-20(18)49(43,44)45)7-14(47(37,38)39)10-19(15)48(40,41)42;;;/h1-2,7-11,35H,3-6H2,(H3,26,29,36)(H,37,38,39)(H,40,41,42)(H,43,44,45)(H2,27,28,30,31,32);;;/q;3*+1/p-3. The summed E-state index contributed by atoms with van der Waals surface area (Å²) in [6.07, 6.45) is 0. The zero-order valence-corrected chi connectivity index (χ0v) is 36.4. The van der Waals surface area contributed by atoms with Gasteiger partial charge in [-0.1, -0.05) is 0 Å². The second-order valence-corrected chi connectivity index (χ2v) is 13.8. The number of halogens is 1. The molecule has 0 saturated carbocycles. The number of urea groups is 1. The van der Waals surface area contributed by atoms with E-state index in [-0.39, 0.29) is 155 Å². The van der Waals surface area contributed by atoms with E-state index in [1.54, 1.807) is 0 Å². The summed E-state index contributed by atoms with van der Waals surface area (Å²) in [7, 11) is -16.2. The predicted octanol–water partition coefficient (Wildman–Crippen LogP) is -7.53. The number of aliphatic hydroxyl groups excluding tert-OH is 1. The van der Waals surface area contributed by atoms with Crippen LogP contribution in [-0.2, 0) is 35.1 Å². The molecule has 2 amide bonds. The maximum Gasteiger partial charge on any atom is 1.00 e. The first-order chi connectivity index (χ1) is 22.8. The molecule has 28 heteroatoms. The molecular formula is C24H21ClN9Na3O12S3. The molecule has 0 radical (unpaired) electrons. The molecule has 0 fully saturated rings. The van der Waals surface area contributed by atoms with Crippen molar-refractivity contribution in [1.82, 2.24) is 15.0 Å². The molecule has 4 rings (SSSR count). The van der Waals surface area contributed by atoms with Crippen molar-refractivity contribution >= 4 is 93.4 Å². The molecule has 21 nitrogen and oxygen atoms in total. The minimum atomic E-state index is -5.47. The van der Waals surface area contributed by atoms with Crippen LogP contribution in [0.15, 0.2) is 67.4 Å². The van der Waals surface area contributed by atoms with Crippen LogP contribution in [0.5, 0.6) is 0 Å². The third kappa shape index (κ3) is 13.6. The number of hydrogen-bond acceptors (Lipinski definition) is 19. The summed E-state index contributed by atoms with van der Waals surface area (Å²) in [4.78, 5) is 20.2. The van der Waals surface area contributed by atoms with Gasteiger partial charge in [-0.3, -0.25) is 0 Å². The third-order valence-electron chi connectivity index (χ3n) is 5.94. The summed E-state index contributed by atoms with van der Waals surface area (Å²) in [5.74, 6) is 0.00559. The van der Waals surface area contributed by atoms with E-state index in [4.69, 9.17) is 27.2 Å². The second kappa shape index (κ2) is 20.3. The molecule has 0 aliphatic heterocycles. The van der Waals surface area contributed by atoms with Crippen LogP contribution in [0.1, 0.15) is 0 Å². The van der Waals surface area contributed by atoms with Crippen LogP contribution in [0.2, 0.25) is 5.28 Å². The van der Waals surface area contributed by atoms with Gasteiger partial charge in [0.15, 0.2) is 0 Å². The van der Waals surface area contributed by atoms with Crippen LogP contribution < -0.4 is 110 Å². The number of nitrogens with one attached hydrogen (secondary N) is 3. The van der Waals surface area contributed by atoms with Crippen molar-refractivity contribution in [2.45, 2.75) is 14.7 Å². The number of fused-ring (bicyclic) bond motifs is 1. The van der Waals surface area contributed by atoms with Crippen molar-refractivity contribution in [2.24, 2.45) is 16.0 Å². The third-order valence-corrected chi connectivity index (χ3v) is 8.67. The minimum Gasteiger partial charge on any atom is -0.744 e. The summed E-state index contributed by atoms with van der Waals surface area (Å²) in [6.45, 7) is 0.464.